The second-order valence-electron chi connectivity index (χ2n) is 7.12. The van der Waals surface area contributed by atoms with Crippen LogP contribution in [0.1, 0.15) is 43.1 Å². The molecule has 2 aromatic rings. The van der Waals surface area contributed by atoms with Crippen LogP contribution in [0.25, 0.3) is 5.52 Å². The van der Waals surface area contributed by atoms with Gasteiger partial charge in [0.2, 0.25) is 5.91 Å². The van der Waals surface area contributed by atoms with E-state index in [4.69, 9.17) is 0 Å². The molecule has 2 amide bonds. The SMILES string of the molecule is C[C@@H](NC(=O)c1cc2ccccn2n1)C(=O)N1CCC2(CC1)CC2. The largest absolute Gasteiger partial charge is 0.341 e. The molecule has 4 rings (SSSR count). The van der Waals surface area contributed by atoms with Gasteiger partial charge >= 0.3 is 0 Å². The molecule has 126 valence electrons. The molecule has 0 unspecified atom stereocenters. The number of hydrogen-bond acceptors (Lipinski definition) is 3. The van der Waals surface area contributed by atoms with Gasteiger partial charge in [0.25, 0.3) is 5.91 Å². The quantitative estimate of drug-likeness (QED) is 0.936. The third kappa shape index (κ3) is 2.77. The van der Waals surface area contributed by atoms with Gasteiger partial charge in [-0.3, -0.25) is 9.59 Å². The van der Waals surface area contributed by atoms with Crippen molar-refractivity contribution < 1.29 is 9.59 Å². The smallest absolute Gasteiger partial charge is 0.272 e. The van der Waals surface area contributed by atoms with Gasteiger partial charge in [-0.1, -0.05) is 6.07 Å². The lowest BCUT2D eigenvalue weighted by Gasteiger charge is -2.33. The summed E-state index contributed by atoms with van der Waals surface area (Å²) in [5.74, 6) is -0.308. The highest BCUT2D eigenvalue weighted by atomic mass is 16.2. The zero-order valence-electron chi connectivity index (χ0n) is 13.9. The molecule has 6 nitrogen and oxygen atoms in total. The number of hydrogen-bond donors (Lipinski definition) is 1. The second-order valence-corrected chi connectivity index (χ2v) is 7.12. The molecular weight excluding hydrogens is 304 g/mol. The fraction of sp³-hybridized carbons (Fsp3) is 0.500. The first-order chi connectivity index (χ1) is 11.6. The predicted octanol–water partition coefficient (Wildman–Crippen LogP) is 1.86. The van der Waals surface area contributed by atoms with Crippen LogP contribution in [0.4, 0.5) is 0 Å². The molecule has 1 aliphatic heterocycles. The van der Waals surface area contributed by atoms with Crippen LogP contribution in [-0.4, -0.2) is 45.5 Å². The fourth-order valence-electron chi connectivity index (χ4n) is 3.53. The Kier molecular flexibility index (Phi) is 3.55. The molecule has 0 aromatic carbocycles. The minimum Gasteiger partial charge on any atom is -0.341 e. The molecule has 2 aliphatic rings. The summed E-state index contributed by atoms with van der Waals surface area (Å²) in [6.45, 7) is 3.37. The highest BCUT2D eigenvalue weighted by molar-refractivity contribution is 5.96. The Morgan fingerprint density at radius 2 is 1.96 bits per heavy atom. The summed E-state index contributed by atoms with van der Waals surface area (Å²) in [5.41, 5.74) is 1.73. The lowest BCUT2D eigenvalue weighted by atomic mass is 9.93. The number of rotatable bonds is 3. The van der Waals surface area contributed by atoms with Crippen molar-refractivity contribution >= 4 is 17.3 Å². The molecule has 2 fully saturated rings. The number of aromatic nitrogens is 2. The van der Waals surface area contributed by atoms with Gasteiger partial charge in [0.15, 0.2) is 5.69 Å². The zero-order valence-corrected chi connectivity index (χ0v) is 13.9. The highest BCUT2D eigenvalue weighted by Gasteiger charge is 2.45. The Morgan fingerprint density at radius 1 is 1.21 bits per heavy atom. The van der Waals surface area contributed by atoms with Crippen molar-refractivity contribution in [2.24, 2.45) is 5.41 Å². The first kappa shape index (κ1) is 15.2. The average molecular weight is 326 g/mol. The lowest BCUT2D eigenvalue weighted by Crippen LogP contribution is -2.49. The molecule has 6 heteroatoms. The first-order valence-electron chi connectivity index (χ1n) is 8.60. The minimum atomic E-state index is -0.532. The summed E-state index contributed by atoms with van der Waals surface area (Å²) in [7, 11) is 0. The van der Waals surface area contributed by atoms with Crippen LogP contribution in [0.15, 0.2) is 30.5 Å². The van der Waals surface area contributed by atoms with Gasteiger partial charge in [-0.15, -0.1) is 0 Å². The van der Waals surface area contributed by atoms with Crippen molar-refractivity contribution in [1.82, 2.24) is 19.8 Å². The van der Waals surface area contributed by atoms with E-state index in [1.807, 2.05) is 23.1 Å². The number of nitrogens with one attached hydrogen (secondary N) is 1. The summed E-state index contributed by atoms with van der Waals surface area (Å²) in [6, 6.07) is 6.84. The summed E-state index contributed by atoms with van der Waals surface area (Å²) in [6.07, 6.45) is 6.63. The van der Waals surface area contributed by atoms with Crippen molar-refractivity contribution in [1.29, 1.82) is 0 Å². The van der Waals surface area contributed by atoms with Crippen LogP contribution < -0.4 is 5.32 Å². The molecule has 0 bridgehead atoms. The molecule has 1 atom stereocenters. The van der Waals surface area contributed by atoms with Crippen molar-refractivity contribution in [2.45, 2.75) is 38.6 Å². The second kappa shape index (κ2) is 5.61. The maximum absolute atomic E-state index is 12.6. The van der Waals surface area contributed by atoms with Gasteiger partial charge in [0, 0.05) is 19.3 Å². The maximum Gasteiger partial charge on any atom is 0.272 e. The predicted molar refractivity (Wildman–Crippen MR) is 89.6 cm³/mol. The summed E-state index contributed by atoms with van der Waals surface area (Å²) in [5, 5.41) is 7.03. The van der Waals surface area contributed by atoms with Crippen LogP contribution in [0.2, 0.25) is 0 Å². The summed E-state index contributed by atoms with van der Waals surface area (Å²) in [4.78, 5) is 26.8. The van der Waals surface area contributed by atoms with E-state index >= 15 is 0 Å². The van der Waals surface area contributed by atoms with Gasteiger partial charge in [-0.25, -0.2) is 4.52 Å². The number of pyridine rings is 1. The van der Waals surface area contributed by atoms with Crippen molar-refractivity contribution in [2.75, 3.05) is 13.1 Å². The number of carbonyl (C=O) groups excluding carboxylic acids is 2. The minimum absolute atomic E-state index is 0.00242. The van der Waals surface area contributed by atoms with Crippen molar-refractivity contribution in [3.63, 3.8) is 0 Å². The topological polar surface area (TPSA) is 66.7 Å². The fourth-order valence-corrected chi connectivity index (χ4v) is 3.53. The molecule has 1 spiro atoms. The highest BCUT2D eigenvalue weighted by Crippen LogP contribution is 2.53. The Balaban J connectivity index is 1.38. The van der Waals surface area contributed by atoms with E-state index in [0.717, 1.165) is 31.4 Å². The molecule has 1 saturated carbocycles. The van der Waals surface area contributed by atoms with Gasteiger partial charge in [-0.05, 0) is 56.2 Å². The third-order valence-corrected chi connectivity index (χ3v) is 5.41. The van der Waals surface area contributed by atoms with E-state index in [0.29, 0.717) is 11.1 Å². The van der Waals surface area contributed by atoms with Gasteiger partial charge < -0.3 is 10.2 Å². The summed E-state index contributed by atoms with van der Waals surface area (Å²) < 4.78 is 1.65. The number of fused-ring (bicyclic) bond motifs is 1. The van der Waals surface area contributed by atoms with E-state index in [-0.39, 0.29) is 11.8 Å². The van der Waals surface area contributed by atoms with E-state index in [1.54, 1.807) is 23.7 Å². The molecule has 1 saturated heterocycles. The van der Waals surface area contributed by atoms with Gasteiger partial charge in [0.1, 0.15) is 6.04 Å². The maximum atomic E-state index is 12.6. The summed E-state index contributed by atoms with van der Waals surface area (Å²) >= 11 is 0. The van der Waals surface area contributed by atoms with E-state index in [9.17, 15) is 9.59 Å². The molecule has 1 aliphatic carbocycles. The molecular formula is C18H22N4O2. The van der Waals surface area contributed by atoms with Crippen molar-refractivity contribution in [3.8, 4) is 0 Å². The normalized spacial score (nSPS) is 20.1. The Bertz CT molecular complexity index is 750. The standard InChI is InChI=1S/C18H22N4O2/c1-13(17(24)21-10-7-18(5-6-18)8-11-21)19-16(23)15-12-14-4-2-3-9-22(14)20-15/h2-4,9,12-13H,5-8,10-11H2,1H3,(H,19,23)/t13-/m1/s1. The molecule has 2 aromatic heterocycles. The molecule has 1 N–H and O–H groups in total. The average Bonchev–Trinajstić information content (AvgIpc) is 3.20. The number of nitrogens with zero attached hydrogens (tertiary/aromatic N) is 3. The number of piperidine rings is 1. The monoisotopic (exact) mass is 326 g/mol. The molecule has 0 radical (unpaired) electrons. The number of carbonyl (C=O) groups is 2. The zero-order chi connectivity index (χ0) is 16.7. The van der Waals surface area contributed by atoms with E-state index in [2.05, 4.69) is 10.4 Å². The molecule has 24 heavy (non-hydrogen) atoms. The number of likely N-dealkylation sites (tertiary alicyclic amines) is 1. The van der Waals surface area contributed by atoms with E-state index in [1.165, 1.54) is 12.8 Å². The van der Waals surface area contributed by atoms with Crippen LogP contribution in [0.3, 0.4) is 0 Å². The molecule has 3 heterocycles. The van der Waals surface area contributed by atoms with Crippen LogP contribution in [0.5, 0.6) is 0 Å². The first-order valence-corrected chi connectivity index (χ1v) is 8.60. The van der Waals surface area contributed by atoms with Gasteiger partial charge in [-0.2, -0.15) is 5.10 Å². The lowest BCUT2D eigenvalue weighted by molar-refractivity contribution is -0.134. The Morgan fingerprint density at radius 3 is 2.62 bits per heavy atom. The van der Waals surface area contributed by atoms with Crippen LogP contribution in [-0.2, 0) is 4.79 Å². The van der Waals surface area contributed by atoms with Crippen LogP contribution in [0, 0.1) is 5.41 Å². The van der Waals surface area contributed by atoms with E-state index < -0.39 is 6.04 Å². The van der Waals surface area contributed by atoms with Crippen LogP contribution >= 0.6 is 0 Å². The Labute approximate surface area is 140 Å². The third-order valence-electron chi connectivity index (χ3n) is 5.41. The Hall–Kier alpha value is -2.37. The van der Waals surface area contributed by atoms with Crippen molar-refractivity contribution in [3.05, 3.63) is 36.2 Å². The number of amides is 2. The van der Waals surface area contributed by atoms with Gasteiger partial charge in [0.05, 0.1) is 5.52 Å².